The summed E-state index contributed by atoms with van der Waals surface area (Å²) in [6, 6.07) is 15.7. The third-order valence-electron chi connectivity index (χ3n) is 5.73. The first kappa shape index (κ1) is 22.1. The molecule has 1 aromatic heterocycles. The standard InChI is InChI=1S/C25H27ClN4O2/c1-3-14-30(17-23-27-24(28-32-23)19-8-10-21(26)11-9-19)25(31)20-5-4-15-29(16-20)22-12-6-18(2)7-13-22/h3,6-13,20H,1,4-5,14-17H2,2H3/t20-/m0/s1. The molecule has 0 bridgehead atoms. The lowest BCUT2D eigenvalue weighted by atomic mass is 9.95. The van der Waals surface area contributed by atoms with Crippen LogP contribution in [0.3, 0.4) is 0 Å². The molecule has 1 amide bonds. The van der Waals surface area contributed by atoms with Gasteiger partial charge in [0.25, 0.3) is 0 Å². The zero-order chi connectivity index (χ0) is 22.5. The van der Waals surface area contributed by atoms with E-state index in [2.05, 4.69) is 52.8 Å². The first-order valence-electron chi connectivity index (χ1n) is 10.8. The van der Waals surface area contributed by atoms with Crippen LogP contribution in [0.25, 0.3) is 11.4 Å². The number of hydrogen-bond donors (Lipinski definition) is 0. The van der Waals surface area contributed by atoms with Crippen molar-refractivity contribution in [3.05, 3.63) is 77.7 Å². The van der Waals surface area contributed by atoms with Crippen LogP contribution in [-0.4, -0.2) is 40.6 Å². The highest BCUT2D eigenvalue weighted by molar-refractivity contribution is 6.30. The smallest absolute Gasteiger partial charge is 0.246 e. The van der Waals surface area contributed by atoms with Gasteiger partial charge in [-0.3, -0.25) is 4.79 Å². The third-order valence-corrected chi connectivity index (χ3v) is 5.98. The summed E-state index contributed by atoms with van der Waals surface area (Å²) in [6.07, 6.45) is 3.58. The number of nitrogens with zero attached hydrogens (tertiary/aromatic N) is 4. The molecule has 4 rings (SSSR count). The van der Waals surface area contributed by atoms with Gasteiger partial charge in [-0.2, -0.15) is 4.98 Å². The quantitative estimate of drug-likeness (QED) is 0.467. The number of carbonyl (C=O) groups excluding carboxylic acids is 1. The van der Waals surface area contributed by atoms with Crippen molar-refractivity contribution in [2.75, 3.05) is 24.5 Å². The first-order valence-corrected chi connectivity index (χ1v) is 11.2. The van der Waals surface area contributed by atoms with Crippen molar-refractivity contribution in [1.29, 1.82) is 0 Å². The second-order valence-electron chi connectivity index (χ2n) is 8.15. The molecule has 3 aromatic rings. The van der Waals surface area contributed by atoms with Crippen LogP contribution in [0.15, 0.2) is 65.7 Å². The molecule has 6 nitrogen and oxygen atoms in total. The monoisotopic (exact) mass is 450 g/mol. The van der Waals surface area contributed by atoms with Crippen molar-refractivity contribution >= 4 is 23.2 Å². The number of carbonyl (C=O) groups is 1. The van der Waals surface area contributed by atoms with Crippen LogP contribution in [-0.2, 0) is 11.3 Å². The molecular weight excluding hydrogens is 424 g/mol. The molecule has 0 aliphatic carbocycles. The molecule has 1 aliphatic rings. The first-order chi connectivity index (χ1) is 15.5. The van der Waals surface area contributed by atoms with Gasteiger partial charge in [0.05, 0.1) is 5.92 Å². The molecule has 2 aromatic carbocycles. The second kappa shape index (κ2) is 10.0. The third kappa shape index (κ3) is 5.19. The minimum absolute atomic E-state index is 0.0799. The highest BCUT2D eigenvalue weighted by atomic mass is 35.5. The van der Waals surface area contributed by atoms with Gasteiger partial charge in [-0.25, -0.2) is 0 Å². The van der Waals surface area contributed by atoms with Gasteiger partial charge in [-0.05, 0) is 56.2 Å². The van der Waals surface area contributed by atoms with E-state index in [4.69, 9.17) is 16.1 Å². The number of anilines is 1. The fourth-order valence-corrected chi connectivity index (χ4v) is 4.14. The highest BCUT2D eigenvalue weighted by Gasteiger charge is 2.30. The van der Waals surface area contributed by atoms with E-state index in [1.807, 2.05) is 12.1 Å². The van der Waals surface area contributed by atoms with E-state index < -0.39 is 0 Å². The average molecular weight is 451 g/mol. The van der Waals surface area contributed by atoms with Gasteiger partial charge < -0.3 is 14.3 Å². The Labute approximate surface area is 193 Å². The van der Waals surface area contributed by atoms with Crippen LogP contribution in [0.1, 0.15) is 24.3 Å². The summed E-state index contributed by atoms with van der Waals surface area (Å²) >= 11 is 5.95. The molecule has 0 spiro atoms. The van der Waals surface area contributed by atoms with Crippen molar-refractivity contribution in [2.45, 2.75) is 26.3 Å². The van der Waals surface area contributed by atoms with Crippen molar-refractivity contribution in [2.24, 2.45) is 5.92 Å². The SMILES string of the molecule is C=CCN(Cc1nc(-c2ccc(Cl)cc2)no1)C(=O)[C@H]1CCCN(c2ccc(C)cc2)C1. The molecule has 2 heterocycles. The van der Waals surface area contributed by atoms with Gasteiger partial charge in [0.2, 0.25) is 17.6 Å². The molecule has 0 saturated carbocycles. The molecule has 1 fully saturated rings. The number of benzene rings is 2. The number of hydrogen-bond acceptors (Lipinski definition) is 5. The van der Waals surface area contributed by atoms with E-state index in [0.29, 0.717) is 29.8 Å². The number of aryl methyl sites for hydroxylation is 1. The number of aromatic nitrogens is 2. The van der Waals surface area contributed by atoms with Crippen molar-refractivity contribution in [3.8, 4) is 11.4 Å². The van der Waals surface area contributed by atoms with Crippen LogP contribution in [0.2, 0.25) is 5.02 Å². The zero-order valence-corrected chi connectivity index (χ0v) is 19.0. The van der Waals surface area contributed by atoms with Crippen LogP contribution >= 0.6 is 11.6 Å². The molecule has 0 N–H and O–H groups in total. The summed E-state index contributed by atoms with van der Waals surface area (Å²) in [6.45, 7) is 8.25. The van der Waals surface area contributed by atoms with Gasteiger partial charge in [-0.15, -0.1) is 6.58 Å². The summed E-state index contributed by atoms with van der Waals surface area (Å²) in [5.41, 5.74) is 3.20. The summed E-state index contributed by atoms with van der Waals surface area (Å²) < 4.78 is 5.43. The van der Waals surface area contributed by atoms with Crippen LogP contribution in [0, 0.1) is 12.8 Å². The predicted octanol–water partition coefficient (Wildman–Crippen LogP) is 5.13. The van der Waals surface area contributed by atoms with Gasteiger partial charge in [0, 0.05) is 35.9 Å². The van der Waals surface area contributed by atoms with Crippen LogP contribution in [0.5, 0.6) is 0 Å². The lowest BCUT2D eigenvalue weighted by Crippen LogP contribution is -2.44. The number of piperidine rings is 1. The average Bonchev–Trinajstić information content (AvgIpc) is 3.28. The number of amides is 1. The van der Waals surface area contributed by atoms with Gasteiger partial charge in [0.1, 0.15) is 6.54 Å². The molecular formula is C25H27ClN4O2. The van der Waals surface area contributed by atoms with E-state index >= 15 is 0 Å². The Balaban J connectivity index is 1.45. The molecule has 32 heavy (non-hydrogen) atoms. The minimum Gasteiger partial charge on any atom is -0.371 e. The van der Waals surface area contributed by atoms with E-state index in [1.54, 1.807) is 23.1 Å². The minimum atomic E-state index is -0.0799. The lowest BCUT2D eigenvalue weighted by Gasteiger charge is -2.35. The van der Waals surface area contributed by atoms with Crippen molar-refractivity contribution < 1.29 is 9.32 Å². The molecule has 166 valence electrons. The Kier molecular flexibility index (Phi) is 6.90. The topological polar surface area (TPSA) is 62.5 Å². The van der Waals surface area contributed by atoms with Crippen LogP contribution in [0.4, 0.5) is 5.69 Å². The maximum Gasteiger partial charge on any atom is 0.246 e. The van der Waals surface area contributed by atoms with Crippen LogP contribution < -0.4 is 4.90 Å². The Bertz CT molecular complexity index is 1060. The van der Waals surface area contributed by atoms with Gasteiger partial charge >= 0.3 is 0 Å². The Hall–Kier alpha value is -3.12. The number of rotatable bonds is 7. The Morgan fingerprint density at radius 3 is 2.72 bits per heavy atom. The largest absolute Gasteiger partial charge is 0.371 e. The molecule has 0 radical (unpaired) electrons. The molecule has 1 saturated heterocycles. The number of halogens is 1. The van der Waals surface area contributed by atoms with Crippen molar-refractivity contribution in [3.63, 3.8) is 0 Å². The summed E-state index contributed by atoms with van der Waals surface area (Å²) in [5, 5.41) is 4.70. The maximum atomic E-state index is 13.4. The molecule has 7 heteroatoms. The fourth-order valence-electron chi connectivity index (χ4n) is 4.01. The van der Waals surface area contributed by atoms with E-state index in [-0.39, 0.29) is 18.4 Å². The predicted molar refractivity (Wildman–Crippen MR) is 126 cm³/mol. The van der Waals surface area contributed by atoms with Gasteiger partial charge in [0.15, 0.2) is 0 Å². The molecule has 0 unspecified atom stereocenters. The highest BCUT2D eigenvalue weighted by Crippen LogP contribution is 2.26. The zero-order valence-electron chi connectivity index (χ0n) is 18.2. The van der Waals surface area contributed by atoms with E-state index in [0.717, 1.165) is 30.6 Å². The van der Waals surface area contributed by atoms with E-state index in [9.17, 15) is 4.79 Å². The van der Waals surface area contributed by atoms with Crippen molar-refractivity contribution in [1.82, 2.24) is 15.0 Å². The lowest BCUT2D eigenvalue weighted by molar-refractivity contribution is -0.136. The summed E-state index contributed by atoms with van der Waals surface area (Å²) in [4.78, 5) is 21.9. The Morgan fingerprint density at radius 2 is 2.00 bits per heavy atom. The molecule has 1 aliphatic heterocycles. The summed E-state index contributed by atoms with van der Waals surface area (Å²) in [7, 11) is 0. The van der Waals surface area contributed by atoms with Gasteiger partial charge in [-0.1, -0.05) is 40.5 Å². The Morgan fingerprint density at radius 1 is 1.25 bits per heavy atom. The normalized spacial score (nSPS) is 16.1. The maximum absolute atomic E-state index is 13.4. The molecule has 1 atom stereocenters. The summed E-state index contributed by atoms with van der Waals surface area (Å²) in [5.74, 6) is 0.888. The fraction of sp³-hybridized carbons (Fsp3) is 0.320. The van der Waals surface area contributed by atoms with E-state index in [1.165, 1.54) is 5.56 Å². The second-order valence-corrected chi connectivity index (χ2v) is 8.58.